The Morgan fingerprint density at radius 3 is 2.45 bits per heavy atom. The number of carbonyl (C=O) groups excluding carboxylic acids is 1. The van der Waals surface area contributed by atoms with Crippen LogP contribution in [-0.2, 0) is 0 Å². The Bertz CT molecular complexity index is 1640. The zero-order valence-electron chi connectivity index (χ0n) is 23.9. The smallest absolute Gasteiger partial charge is 0.295 e. The second kappa shape index (κ2) is 11.1. The molecular formula is C33H35NO6. The van der Waals surface area contributed by atoms with Gasteiger partial charge in [-0.05, 0) is 86.2 Å². The summed E-state index contributed by atoms with van der Waals surface area (Å²) < 4.78 is 23.7. The summed E-state index contributed by atoms with van der Waals surface area (Å²) in [7, 11) is 1.58. The lowest BCUT2D eigenvalue weighted by Gasteiger charge is -2.26. The first-order chi connectivity index (χ1) is 19.2. The topological polar surface area (TPSA) is 78.2 Å². The molecule has 208 valence electrons. The highest BCUT2D eigenvalue weighted by Gasteiger charge is 2.44. The highest BCUT2D eigenvalue weighted by molar-refractivity contribution is 6.10. The molecule has 0 saturated heterocycles. The fraction of sp³-hybridized carbons (Fsp3) is 0.333. The molecule has 1 aliphatic rings. The van der Waals surface area contributed by atoms with E-state index in [1.165, 1.54) is 0 Å². The third-order valence-corrected chi connectivity index (χ3v) is 7.35. The van der Waals surface area contributed by atoms with Crippen LogP contribution in [0.25, 0.3) is 11.0 Å². The summed E-state index contributed by atoms with van der Waals surface area (Å²) in [6.45, 7) is 11.1. The van der Waals surface area contributed by atoms with Gasteiger partial charge in [-0.25, -0.2) is 0 Å². The zero-order chi connectivity index (χ0) is 28.6. The number of hydrogen-bond donors (Lipinski definition) is 0. The van der Waals surface area contributed by atoms with Crippen molar-refractivity contribution >= 4 is 22.6 Å². The predicted octanol–water partition coefficient (Wildman–Crippen LogP) is 6.99. The van der Waals surface area contributed by atoms with E-state index in [1.807, 2.05) is 69.3 Å². The van der Waals surface area contributed by atoms with Crippen molar-refractivity contribution in [2.45, 2.75) is 47.1 Å². The van der Waals surface area contributed by atoms with E-state index in [9.17, 15) is 9.59 Å². The van der Waals surface area contributed by atoms with Crippen LogP contribution in [0.5, 0.6) is 17.2 Å². The number of methoxy groups -OCH3 is 1. The second-order valence-electron chi connectivity index (χ2n) is 10.6. The first-order valence-electron chi connectivity index (χ1n) is 13.7. The molecule has 1 amide bonds. The highest BCUT2D eigenvalue weighted by atomic mass is 16.5. The fourth-order valence-electron chi connectivity index (χ4n) is 5.06. The lowest BCUT2D eigenvalue weighted by Crippen LogP contribution is -2.29. The van der Waals surface area contributed by atoms with Crippen molar-refractivity contribution in [3.63, 3.8) is 0 Å². The van der Waals surface area contributed by atoms with Crippen molar-refractivity contribution in [1.29, 1.82) is 0 Å². The number of benzene rings is 3. The molecule has 4 aromatic rings. The molecule has 1 unspecified atom stereocenters. The van der Waals surface area contributed by atoms with Gasteiger partial charge in [-0.2, -0.15) is 0 Å². The lowest BCUT2D eigenvalue weighted by atomic mass is 9.97. The zero-order valence-corrected chi connectivity index (χ0v) is 23.9. The van der Waals surface area contributed by atoms with E-state index in [4.69, 9.17) is 18.6 Å². The van der Waals surface area contributed by atoms with Crippen LogP contribution >= 0.6 is 0 Å². The van der Waals surface area contributed by atoms with Gasteiger partial charge in [0.05, 0.1) is 37.3 Å². The van der Waals surface area contributed by atoms with Crippen LogP contribution in [0.3, 0.4) is 0 Å². The molecule has 7 heteroatoms. The van der Waals surface area contributed by atoms with E-state index < -0.39 is 6.04 Å². The summed E-state index contributed by atoms with van der Waals surface area (Å²) in [6.07, 6.45) is 0.911. The summed E-state index contributed by atoms with van der Waals surface area (Å²) in [5.41, 5.74) is 3.74. The molecule has 0 bridgehead atoms. The number of ether oxygens (including phenoxy) is 3. The molecule has 1 atom stereocenters. The quantitative estimate of drug-likeness (QED) is 0.227. The van der Waals surface area contributed by atoms with Crippen LogP contribution in [0.1, 0.15) is 66.0 Å². The normalized spacial score (nSPS) is 14.6. The van der Waals surface area contributed by atoms with Crippen molar-refractivity contribution in [3.05, 3.63) is 92.8 Å². The Morgan fingerprint density at radius 1 is 0.950 bits per heavy atom. The first-order valence-corrected chi connectivity index (χ1v) is 13.7. The molecule has 7 nitrogen and oxygen atoms in total. The number of anilines is 1. The number of hydrogen-bond acceptors (Lipinski definition) is 6. The molecule has 0 fully saturated rings. The van der Waals surface area contributed by atoms with Gasteiger partial charge in [0, 0.05) is 11.8 Å². The SMILES string of the molecule is CCOc1cc(C2c3c(oc4cc(C)c(C)cc4c3=O)C(=O)N2c2cccc(OC)c2)ccc1OCCC(C)C. The summed E-state index contributed by atoms with van der Waals surface area (Å²) in [4.78, 5) is 29.7. The van der Waals surface area contributed by atoms with Crippen LogP contribution in [0.2, 0.25) is 0 Å². The fourth-order valence-corrected chi connectivity index (χ4v) is 5.06. The molecule has 0 radical (unpaired) electrons. The minimum absolute atomic E-state index is 0.0452. The van der Waals surface area contributed by atoms with Crippen LogP contribution in [-0.4, -0.2) is 26.2 Å². The number of carbonyl (C=O) groups is 1. The molecule has 0 aliphatic carbocycles. The van der Waals surface area contributed by atoms with Gasteiger partial charge in [0.2, 0.25) is 5.76 Å². The predicted molar refractivity (Wildman–Crippen MR) is 156 cm³/mol. The number of fused-ring (bicyclic) bond motifs is 2. The molecule has 0 spiro atoms. The van der Waals surface area contributed by atoms with Crippen molar-refractivity contribution in [3.8, 4) is 17.2 Å². The van der Waals surface area contributed by atoms with Crippen molar-refractivity contribution in [2.24, 2.45) is 5.92 Å². The minimum Gasteiger partial charge on any atom is -0.497 e. The van der Waals surface area contributed by atoms with Crippen molar-refractivity contribution in [2.75, 3.05) is 25.2 Å². The van der Waals surface area contributed by atoms with Crippen LogP contribution in [0.15, 0.2) is 63.8 Å². The number of nitrogens with zero attached hydrogens (tertiary/aromatic N) is 1. The Labute approximate surface area is 234 Å². The number of rotatable bonds is 9. The molecule has 1 aliphatic heterocycles. The standard InChI is InChI=1S/C33H35NO6/c1-7-38-28-17-22(11-12-26(28)39-14-13-19(2)3)30-29-31(35)25-15-20(4)21(5)16-27(25)40-32(29)33(36)34(30)23-9-8-10-24(18-23)37-6/h8-12,15-19,30H,7,13-14H2,1-6H3. The minimum atomic E-state index is -0.735. The van der Waals surface area contributed by atoms with Crippen LogP contribution < -0.4 is 24.5 Å². The molecular weight excluding hydrogens is 506 g/mol. The van der Waals surface area contributed by atoms with Crippen LogP contribution in [0.4, 0.5) is 5.69 Å². The summed E-state index contributed by atoms with van der Waals surface area (Å²) in [5, 5.41) is 0.450. The van der Waals surface area contributed by atoms with Crippen molar-refractivity contribution < 1.29 is 23.4 Å². The molecule has 2 heterocycles. The van der Waals surface area contributed by atoms with Gasteiger partial charge in [0.25, 0.3) is 5.91 Å². The summed E-state index contributed by atoms with van der Waals surface area (Å²) in [5.74, 6) is 1.95. The van der Waals surface area contributed by atoms with E-state index in [0.717, 1.165) is 17.5 Å². The molecule has 40 heavy (non-hydrogen) atoms. The highest BCUT2D eigenvalue weighted by Crippen LogP contribution is 2.44. The van der Waals surface area contributed by atoms with Gasteiger partial charge in [-0.3, -0.25) is 14.5 Å². The maximum Gasteiger partial charge on any atom is 0.295 e. The molecule has 0 saturated carbocycles. The number of amides is 1. The Morgan fingerprint density at radius 2 is 1.73 bits per heavy atom. The lowest BCUT2D eigenvalue weighted by molar-refractivity contribution is 0.0971. The van der Waals surface area contributed by atoms with E-state index in [-0.39, 0.29) is 17.1 Å². The molecule has 5 rings (SSSR count). The molecule has 3 aromatic carbocycles. The maximum absolute atomic E-state index is 14.1. The average Bonchev–Trinajstić information content (AvgIpc) is 3.23. The van der Waals surface area contributed by atoms with E-state index in [2.05, 4.69) is 13.8 Å². The number of aryl methyl sites for hydroxylation is 2. The van der Waals surface area contributed by atoms with Crippen LogP contribution in [0, 0.1) is 19.8 Å². The summed E-state index contributed by atoms with van der Waals surface area (Å²) >= 11 is 0. The van der Waals surface area contributed by atoms with Gasteiger partial charge in [-0.1, -0.05) is 26.0 Å². The Kier molecular flexibility index (Phi) is 7.57. The van der Waals surface area contributed by atoms with E-state index in [1.54, 1.807) is 18.1 Å². The first kappa shape index (κ1) is 27.3. The van der Waals surface area contributed by atoms with Gasteiger partial charge >= 0.3 is 0 Å². The molecule has 1 aromatic heterocycles. The third kappa shape index (κ3) is 4.92. The Hall–Kier alpha value is -4.26. The monoisotopic (exact) mass is 541 g/mol. The largest absolute Gasteiger partial charge is 0.497 e. The van der Waals surface area contributed by atoms with Gasteiger partial charge in [0.15, 0.2) is 16.9 Å². The third-order valence-electron chi connectivity index (χ3n) is 7.35. The van der Waals surface area contributed by atoms with Gasteiger partial charge < -0.3 is 18.6 Å². The van der Waals surface area contributed by atoms with E-state index >= 15 is 0 Å². The van der Waals surface area contributed by atoms with Gasteiger partial charge in [0.1, 0.15) is 11.3 Å². The summed E-state index contributed by atoms with van der Waals surface area (Å²) in [6, 6.07) is 15.7. The van der Waals surface area contributed by atoms with Gasteiger partial charge in [-0.15, -0.1) is 0 Å². The second-order valence-corrected chi connectivity index (χ2v) is 10.6. The average molecular weight is 542 g/mol. The molecule has 0 N–H and O–H groups in total. The maximum atomic E-state index is 14.1. The van der Waals surface area contributed by atoms with Crippen molar-refractivity contribution in [1.82, 2.24) is 0 Å². The Balaban J connectivity index is 1.71. The van der Waals surface area contributed by atoms with E-state index in [0.29, 0.717) is 64.2 Å².